The quantitative estimate of drug-likeness (QED) is 0.828. The molecule has 1 unspecified atom stereocenters. The molecule has 1 atom stereocenters. The normalized spacial score (nSPS) is 18.4. The van der Waals surface area contributed by atoms with Crippen molar-refractivity contribution in [2.45, 2.75) is 38.6 Å². The minimum atomic E-state index is 0.220. The first kappa shape index (κ1) is 14.4. The van der Waals surface area contributed by atoms with Gasteiger partial charge < -0.3 is 15.8 Å². The van der Waals surface area contributed by atoms with Crippen molar-refractivity contribution in [3.05, 3.63) is 29.3 Å². The lowest BCUT2D eigenvalue weighted by Gasteiger charge is -2.28. The molecule has 3 nitrogen and oxygen atoms in total. The number of hydrogen-bond acceptors (Lipinski definition) is 3. The summed E-state index contributed by atoms with van der Waals surface area (Å²) in [5, 5.41) is 3.45. The molecule has 0 radical (unpaired) electrons. The monoisotopic (exact) mass is 262 g/mol. The van der Waals surface area contributed by atoms with Gasteiger partial charge in [0.25, 0.3) is 0 Å². The molecule has 106 valence electrons. The fourth-order valence-electron chi connectivity index (χ4n) is 2.90. The minimum absolute atomic E-state index is 0.220. The number of ether oxygens (including phenoxy) is 1. The van der Waals surface area contributed by atoms with Gasteiger partial charge in [0.1, 0.15) is 5.75 Å². The maximum absolute atomic E-state index is 5.99. The standard InChI is InChI=1S/C16H26N2O/c1-11(2)12-5-6-14(19-4)13(9-12)15(18-3)16(10-17)7-8-16/h5-6,9,11,15,18H,7-8,10,17H2,1-4H3. The third-order valence-electron chi connectivity index (χ3n) is 4.43. The Balaban J connectivity index is 2.42. The molecule has 0 saturated heterocycles. The van der Waals surface area contributed by atoms with E-state index < -0.39 is 0 Å². The summed E-state index contributed by atoms with van der Waals surface area (Å²) in [4.78, 5) is 0. The van der Waals surface area contributed by atoms with Gasteiger partial charge in [-0.2, -0.15) is 0 Å². The SMILES string of the molecule is CNC(c1cc(C(C)C)ccc1OC)C1(CN)CC1. The Labute approximate surface area is 116 Å². The topological polar surface area (TPSA) is 47.3 Å². The zero-order chi connectivity index (χ0) is 14.0. The van der Waals surface area contributed by atoms with Gasteiger partial charge in [-0.05, 0) is 44.0 Å². The summed E-state index contributed by atoms with van der Waals surface area (Å²) in [5.74, 6) is 1.48. The molecular formula is C16H26N2O. The van der Waals surface area contributed by atoms with Gasteiger partial charge in [0, 0.05) is 17.0 Å². The highest BCUT2D eigenvalue weighted by Crippen LogP contribution is 2.55. The lowest BCUT2D eigenvalue weighted by molar-refractivity contribution is 0.343. The van der Waals surface area contributed by atoms with E-state index in [2.05, 4.69) is 37.4 Å². The number of hydrogen-bond donors (Lipinski definition) is 2. The van der Waals surface area contributed by atoms with E-state index in [9.17, 15) is 0 Å². The largest absolute Gasteiger partial charge is 0.496 e. The van der Waals surface area contributed by atoms with E-state index in [1.54, 1.807) is 7.11 Å². The Kier molecular flexibility index (Phi) is 4.16. The zero-order valence-corrected chi connectivity index (χ0v) is 12.5. The van der Waals surface area contributed by atoms with Crippen LogP contribution in [0.25, 0.3) is 0 Å². The van der Waals surface area contributed by atoms with Gasteiger partial charge in [0.2, 0.25) is 0 Å². The first-order chi connectivity index (χ1) is 9.07. The second-order valence-corrected chi connectivity index (χ2v) is 5.94. The molecule has 3 N–H and O–H groups in total. The van der Waals surface area contributed by atoms with Gasteiger partial charge in [-0.25, -0.2) is 0 Å². The lowest BCUT2D eigenvalue weighted by Crippen LogP contribution is -2.32. The Morgan fingerprint density at radius 2 is 2.05 bits per heavy atom. The summed E-state index contributed by atoms with van der Waals surface area (Å²) in [6.07, 6.45) is 2.40. The molecule has 1 aliphatic carbocycles. The molecule has 0 heterocycles. The van der Waals surface area contributed by atoms with Crippen molar-refractivity contribution in [2.75, 3.05) is 20.7 Å². The Bertz CT molecular complexity index is 438. The molecule has 1 aromatic carbocycles. The van der Waals surface area contributed by atoms with Gasteiger partial charge in [0.05, 0.1) is 7.11 Å². The molecule has 0 bridgehead atoms. The van der Waals surface area contributed by atoms with E-state index >= 15 is 0 Å². The summed E-state index contributed by atoms with van der Waals surface area (Å²) in [7, 11) is 3.75. The molecule has 19 heavy (non-hydrogen) atoms. The van der Waals surface area contributed by atoms with Crippen LogP contribution in [0.1, 0.15) is 49.8 Å². The van der Waals surface area contributed by atoms with Crippen LogP contribution in [0.3, 0.4) is 0 Å². The summed E-state index contributed by atoms with van der Waals surface area (Å²) >= 11 is 0. The second-order valence-electron chi connectivity index (χ2n) is 5.94. The lowest BCUT2D eigenvalue weighted by atomic mass is 9.87. The third kappa shape index (κ3) is 2.63. The van der Waals surface area contributed by atoms with Crippen molar-refractivity contribution in [2.24, 2.45) is 11.1 Å². The molecule has 0 aromatic heterocycles. The number of benzene rings is 1. The van der Waals surface area contributed by atoms with Crippen molar-refractivity contribution in [1.29, 1.82) is 0 Å². The van der Waals surface area contributed by atoms with Crippen molar-refractivity contribution in [1.82, 2.24) is 5.32 Å². The summed E-state index contributed by atoms with van der Waals surface area (Å²) in [5.41, 5.74) is 8.81. The van der Waals surface area contributed by atoms with Crippen LogP contribution in [-0.4, -0.2) is 20.7 Å². The van der Waals surface area contributed by atoms with Crippen LogP contribution in [-0.2, 0) is 0 Å². The molecule has 1 aliphatic rings. The van der Waals surface area contributed by atoms with E-state index in [1.807, 2.05) is 7.05 Å². The van der Waals surface area contributed by atoms with Crippen LogP contribution in [0.15, 0.2) is 18.2 Å². The van der Waals surface area contributed by atoms with Crippen LogP contribution >= 0.6 is 0 Å². The molecule has 1 saturated carbocycles. The van der Waals surface area contributed by atoms with Gasteiger partial charge in [-0.3, -0.25) is 0 Å². The smallest absolute Gasteiger partial charge is 0.123 e. The summed E-state index contributed by atoms with van der Waals surface area (Å²) < 4.78 is 5.55. The Morgan fingerprint density at radius 3 is 2.47 bits per heavy atom. The van der Waals surface area contributed by atoms with Gasteiger partial charge in [-0.1, -0.05) is 26.0 Å². The predicted octanol–water partition coefficient (Wildman–Crippen LogP) is 2.82. The molecular weight excluding hydrogens is 236 g/mol. The van der Waals surface area contributed by atoms with Crippen LogP contribution < -0.4 is 15.8 Å². The molecule has 1 aromatic rings. The molecule has 1 fully saturated rings. The average molecular weight is 262 g/mol. The van der Waals surface area contributed by atoms with Crippen molar-refractivity contribution >= 4 is 0 Å². The number of methoxy groups -OCH3 is 1. The second kappa shape index (κ2) is 5.51. The van der Waals surface area contributed by atoms with Gasteiger partial charge in [0.15, 0.2) is 0 Å². The number of nitrogens with two attached hydrogens (primary N) is 1. The molecule has 0 amide bonds. The van der Waals surface area contributed by atoms with E-state index in [1.165, 1.54) is 24.0 Å². The molecule has 2 rings (SSSR count). The highest BCUT2D eigenvalue weighted by Gasteiger charge is 2.49. The maximum Gasteiger partial charge on any atom is 0.123 e. The van der Waals surface area contributed by atoms with Crippen LogP contribution in [0.4, 0.5) is 0 Å². The zero-order valence-electron chi connectivity index (χ0n) is 12.5. The Morgan fingerprint density at radius 1 is 1.37 bits per heavy atom. The highest BCUT2D eigenvalue weighted by molar-refractivity contribution is 5.42. The Hall–Kier alpha value is -1.06. The van der Waals surface area contributed by atoms with E-state index in [0.717, 1.165) is 12.3 Å². The van der Waals surface area contributed by atoms with Crippen molar-refractivity contribution < 1.29 is 4.74 Å². The van der Waals surface area contributed by atoms with Gasteiger partial charge in [-0.15, -0.1) is 0 Å². The molecule has 0 spiro atoms. The van der Waals surface area contributed by atoms with E-state index in [0.29, 0.717) is 5.92 Å². The fraction of sp³-hybridized carbons (Fsp3) is 0.625. The fourth-order valence-corrected chi connectivity index (χ4v) is 2.90. The third-order valence-corrected chi connectivity index (χ3v) is 4.43. The van der Waals surface area contributed by atoms with Crippen LogP contribution in [0.5, 0.6) is 5.75 Å². The predicted molar refractivity (Wildman–Crippen MR) is 79.6 cm³/mol. The molecule has 3 heteroatoms. The molecule has 0 aliphatic heterocycles. The first-order valence-electron chi connectivity index (χ1n) is 7.13. The average Bonchev–Trinajstić information content (AvgIpc) is 3.20. The van der Waals surface area contributed by atoms with Crippen molar-refractivity contribution in [3.63, 3.8) is 0 Å². The highest BCUT2D eigenvalue weighted by atomic mass is 16.5. The van der Waals surface area contributed by atoms with Gasteiger partial charge >= 0.3 is 0 Å². The van der Waals surface area contributed by atoms with Crippen molar-refractivity contribution in [3.8, 4) is 5.75 Å². The van der Waals surface area contributed by atoms with Crippen LogP contribution in [0, 0.1) is 5.41 Å². The van der Waals surface area contributed by atoms with Crippen LogP contribution in [0.2, 0.25) is 0 Å². The van der Waals surface area contributed by atoms with E-state index in [4.69, 9.17) is 10.5 Å². The van der Waals surface area contributed by atoms with E-state index in [-0.39, 0.29) is 11.5 Å². The summed E-state index contributed by atoms with van der Waals surface area (Å²) in [6.45, 7) is 5.17. The minimum Gasteiger partial charge on any atom is -0.496 e. The summed E-state index contributed by atoms with van der Waals surface area (Å²) in [6, 6.07) is 6.80. The number of nitrogens with one attached hydrogen (secondary N) is 1. The number of rotatable bonds is 6. The first-order valence-corrected chi connectivity index (χ1v) is 7.13. The maximum atomic E-state index is 5.99.